The van der Waals surface area contributed by atoms with Crippen LogP contribution >= 0.6 is 11.8 Å². The van der Waals surface area contributed by atoms with Crippen molar-refractivity contribution in [1.82, 2.24) is 0 Å². The molecular formula is C27H27NO6S2. The number of anilines is 1. The minimum Gasteiger partial charge on any atom is -0.496 e. The highest BCUT2D eigenvalue weighted by Crippen LogP contribution is 2.43. The van der Waals surface area contributed by atoms with Crippen molar-refractivity contribution in [2.75, 3.05) is 26.6 Å². The molecule has 1 aliphatic heterocycles. The van der Waals surface area contributed by atoms with Gasteiger partial charge in [-0.1, -0.05) is 30.0 Å². The summed E-state index contributed by atoms with van der Waals surface area (Å²) in [5.74, 6) is 1.10. The van der Waals surface area contributed by atoms with E-state index in [1.807, 2.05) is 32.0 Å². The third-order valence-electron chi connectivity index (χ3n) is 6.01. The lowest BCUT2D eigenvalue weighted by molar-refractivity contribution is -0.112. The molecule has 9 heteroatoms. The summed E-state index contributed by atoms with van der Waals surface area (Å²) in [6, 6.07) is 13.9. The van der Waals surface area contributed by atoms with Gasteiger partial charge in [-0.2, -0.15) is 0 Å². The molecular weight excluding hydrogens is 498 g/mol. The van der Waals surface area contributed by atoms with Crippen molar-refractivity contribution in [1.29, 1.82) is 0 Å². The Morgan fingerprint density at radius 3 is 2.14 bits per heavy atom. The molecule has 1 aliphatic rings. The SMILES string of the molecule is COc1cc(OC)c(C=C2Sc3cc(S(=O)(=O)Cc4c(C)cccc4C)ccc3NC2=O)c(OC)c1. The lowest BCUT2D eigenvalue weighted by Crippen LogP contribution is -2.18. The molecule has 0 saturated carbocycles. The fourth-order valence-corrected chi connectivity index (χ4v) is 6.61. The van der Waals surface area contributed by atoms with Crippen molar-refractivity contribution in [3.8, 4) is 17.2 Å². The molecule has 0 saturated heterocycles. The molecule has 188 valence electrons. The number of carbonyl (C=O) groups excluding carboxylic acids is 1. The molecule has 3 aromatic rings. The Kier molecular flexibility index (Phi) is 7.33. The highest BCUT2D eigenvalue weighted by Gasteiger charge is 2.26. The van der Waals surface area contributed by atoms with Crippen LogP contribution in [0, 0.1) is 13.8 Å². The number of rotatable bonds is 7. The van der Waals surface area contributed by atoms with Crippen LogP contribution in [0.2, 0.25) is 0 Å². The highest BCUT2D eigenvalue weighted by atomic mass is 32.2. The number of amides is 1. The molecule has 36 heavy (non-hydrogen) atoms. The van der Waals surface area contributed by atoms with Gasteiger partial charge in [-0.05, 0) is 54.8 Å². The van der Waals surface area contributed by atoms with Gasteiger partial charge in [-0.25, -0.2) is 8.42 Å². The van der Waals surface area contributed by atoms with Crippen LogP contribution in [0.3, 0.4) is 0 Å². The molecule has 0 radical (unpaired) electrons. The summed E-state index contributed by atoms with van der Waals surface area (Å²) in [5, 5.41) is 2.85. The summed E-state index contributed by atoms with van der Waals surface area (Å²) >= 11 is 1.19. The normalized spacial score (nSPS) is 14.2. The third-order valence-corrected chi connectivity index (χ3v) is 8.73. The molecule has 0 spiro atoms. The maximum absolute atomic E-state index is 13.3. The van der Waals surface area contributed by atoms with E-state index in [1.54, 1.807) is 37.5 Å². The van der Waals surface area contributed by atoms with Gasteiger partial charge in [0, 0.05) is 17.0 Å². The molecule has 0 aromatic heterocycles. The van der Waals surface area contributed by atoms with Crippen molar-refractivity contribution in [3.63, 3.8) is 0 Å². The fourth-order valence-electron chi connectivity index (χ4n) is 3.98. The van der Waals surface area contributed by atoms with Crippen LogP contribution in [0.1, 0.15) is 22.3 Å². The average Bonchev–Trinajstić information content (AvgIpc) is 2.86. The van der Waals surface area contributed by atoms with Gasteiger partial charge in [0.2, 0.25) is 0 Å². The van der Waals surface area contributed by atoms with Crippen LogP contribution in [0.25, 0.3) is 6.08 Å². The Labute approximate surface area is 215 Å². The van der Waals surface area contributed by atoms with E-state index < -0.39 is 9.84 Å². The molecule has 1 amide bonds. The summed E-state index contributed by atoms with van der Waals surface area (Å²) in [6.45, 7) is 3.82. The average molecular weight is 526 g/mol. The van der Waals surface area contributed by atoms with Gasteiger partial charge in [0.1, 0.15) is 17.2 Å². The monoisotopic (exact) mass is 525 g/mol. The van der Waals surface area contributed by atoms with Gasteiger partial charge in [0.25, 0.3) is 5.91 Å². The largest absolute Gasteiger partial charge is 0.496 e. The first-order valence-electron chi connectivity index (χ1n) is 11.1. The fraction of sp³-hybridized carbons (Fsp3) is 0.222. The number of hydrogen-bond acceptors (Lipinski definition) is 7. The number of aryl methyl sites for hydroxylation is 2. The predicted octanol–water partition coefficient (Wildman–Crippen LogP) is 5.39. The van der Waals surface area contributed by atoms with E-state index in [4.69, 9.17) is 14.2 Å². The Hall–Kier alpha value is -3.43. The molecule has 0 bridgehead atoms. The van der Waals surface area contributed by atoms with E-state index in [2.05, 4.69) is 5.32 Å². The van der Waals surface area contributed by atoms with Crippen LogP contribution in [-0.2, 0) is 20.4 Å². The number of benzene rings is 3. The Morgan fingerprint density at radius 1 is 0.917 bits per heavy atom. The van der Waals surface area contributed by atoms with E-state index in [-0.39, 0.29) is 16.6 Å². The summed E-state index contributed by atoms with van der Waals surface area (Å²) in [4.78, 5) is 14.1. The van der Waals surface area contributed by atoms with Crippen LogP contribution in [0.15, 0.2) is 63.2 Å². The number of fused-ring (bicyclic) bond motifs is 1. The Balaban J connectivity index is 1.71. The van der Waals surface area contributed by atoms with Crippen molar-refractivity contribution in [2.45, 2.75) is 29.4 Å². The van der Waals surface area contributed by atoms with E-state index in [0.29, 0.717) is 38.3 Å². The minimum absolute atomic E-state index is 0.0930. The first-order chi connectivity index (χ1) is 17.2. The van der Waals surface area contributed by atoms with Gasteiger partial charge in [-0.15, -0.1) is 0 Å². The number of sulfone groups is 1. The molecule has 4 rings (SSSR count). The number of nitrogens with one attached hydrogen (secondary N) is 1. The van der Waals surface area contributed by atoms with Gasteiger partial charge >= 0.3 is 0 Å². The highest BCUT2D eigenvalue weighted by molar-refractivity contribution is 8.04. The molecule has 1 N–H and O–H groups in total. The van der Waals surface area contributed by atoms with E-state index >= 15 is 0 Å². The number of thioether (sulfide) groups is 1. The molecule has 3 aromatic carbocycles. The first-order valence-corrected chi connectivity index (χ1v) is 13.6. The molecule has 0 atom stereocenters. The number of carbonyl (C=O) groups is 1. The summed E-state index contributed by atoms with van der Waals surface area (Å²) < 4.78 is 42.9. The summed E-state index contributed by atoms with van der Waals surface area (Å²) in [5.41, 5.74) is 3.80. The zero-order valence-corrected chi connectivity index (χ0v) is 22.3. The van der Waals surface area contributed by atoms with Crippen LogP contribution in [-0.4, -0.2) is 35.7 Å². The summed E-state index contributed by atoms with van der Waals surface area (Å²) in [7, 11) is 0.973. The van der Waals surface area contributed by atoms with Crippen LogP contribution in [0.4, 0.5) is 5.69 Å². The second-order valence-electron chi connectivity index (χ2n) is 8.30. The number of methoxy groups -OCH3 is 3. The standard InChI is InChI=1S/C27H27NO6S2/c1-16-7-6-8-17(2)21(16)15-36(30,31)19-9-10-22-25(13-19)35-26(27(29)28-22)14-20-23(33-4)11-18(32-3)12-24(20)34-5/h6-14H,15H2,1-5H3,(H,28,29). The number of hydrogen-bond donors (Lipinski definition) is 1. The molecule has 0 fully saturated rings. The van der Waals surface area contributed by atoms with Crippen LogP contribution < -0.4 is 19.5 Å². The van der Waals surface area contributed by atoms with Gasteiger partial charge in [0.15, 0.2) is 9.84 Å². The second kappa shape index (κ2) is 10.3. The maximum Gasteiger partial charge on any atom is 0.262 e. The zero-order valence-electron chi connectivity index (χ0n) is 20.7. The van der Waals surface area contributed by atoms with E-state index in [1.165, 1.54) is 32.0 Å². The lowest BCUT2D eigenvalue weighted by atomic mass is 10.1. The molecule has 1 heterocycles. The van der Waals surface area contributed by atoms with Crippen molar-refractivity contribution in [2.24, 2.45) is 0 Å². The third kappa shape index (κ3) is 5.08. The predicted molar refractivity (Wildman–Crippen MR) is 142 cm³/mol. The summed E-state index contributed by atoms with van der Waals surface area (Å²) in [6.07, 6.45) is 1.66. The van der Waals surface area contributed by atoms with E-state index in [0.717, 1.165) is 16.7 Å². The van der Waals surface area contributed by atoms with Crippen molar-refractivity contribution in [3.05, 3.63) is 75.7 Å². The minimum atomic E-state index is -3.61. The first kappa shape index (κ1) is 25.7. The van der Waals surface area contributed by atoms with Gasteiger partial charge in [-0.3, -0.25) is 4.79 Å². The van der Waals surface area contributed by atoms with Crippen LogP contribution in [0.5, 0.6) is 17.2 Å². The van der Waals surface area contributed by atoms with Crippen molar-refractivity contribution >= 4 is 39.3 Å². The molecule has 0 aliphatic carbocycles. The Bertz CT molecular complexity index is 1430. The quantitative estimate of drug-likeness (QED) is 0.414. The molecule has 0 unspecified atom stereocenters. The maximum atomic E-state index is 13.3. The molecule has 7 nitrogen and oxygen atoms in total. The van der Waals surface area contributed by atoms with E-state index in [9.17, 15) is 13.2 Å². The van der Waals surface area contributed by atoms with Crippen molar-refractivity contribution < 1.29 is 27.4 Å². The Morgan fingerprint density at radius 2 is 1.56 bits per heavy atom. The topological polar surface area (TPSA) is 90.9 Å². The smallest absolute Gasteiger partial charge is 0.262 e. The lowest BCUT2D eigenvalue weighted by Gasteiger charge is -2.20. The van der Waals surface area contributed by atoms with Gasteiger partial charge in [0.05, 0.1) is 48.1 Å². The number of ether oxygens (including phenoxy) is 3. The van der Waals surface area contributed by atoms with Gasteiger partial charge < -0.3 is 19.5 Å². The second-order valence-corrected chi connectivity index (χ2v) is 11.4. The zero-order chi connectivity index (χ0) is 26.0.